The normalized spacial score (nSPS) is 16.6. The minimum atomic E-state index is 0.113. The number of nitrogens with zero attached hydrogens (tertiary/aromatic N) is 5. The molecule has 1 atom stereocenters. The van der Waals surface area contributed by atoms with Crippen molar-refractivity contribution in [1.82, 2.24) is 24.8 Å². The van der Waals surface area contributed by atoms with Crippen molar-refractivity contribution in [3.05, 3.63) is 54.1 Å². The van der Waals surface area contributed by atoms with Gasteiger partial charge in [0.1, 0.15) is 6.54 Å². The van der Waals surface area contributed by atoms with Gasteiger partial charge in [0.25, 0.3) is 5.89 Å². The number of likely N-dealkylation sites (tertiary alicyclic amines) is 1. The molecule has 1 fully saturated rings. The van der Waals surface area contributed by atoms with Gasteiger partial charge in [0.05, 0.1) is 5.52 Å². The number of fused-ring (bicyclic) bond motifs is 1. The van der Waals surface area contributed by atoms with Crippen molar-refractivity contribution < 1.29 is 9.32 Å². The summed E-state index contributed by atoms with van der Waals surface area (Å²) in [6, 6.07) is 16.2. The third kappa shape index (κ3) is 3.79. The molecule has 2 aromatic carbocycles. The van der Waals surface area contributed by atoms with E-state index in [1.54, 1.807) is 4.68 Å². The first-order valence-corrected chi connectivity index (χ1v) is 11.3. The number of hydrogen-bond donors (Lipinski definition) is 0. The summed E-state index contributed by atoms with van der Waals surface area (Å²) in [4.78, 5) is 19.8. The van der Waals surface area contributed by atoms with Crippen LogP contribution in [0.2, 0.25) is 0 Å². The molecule has 32 heavy (non-hydrogen) atoms. The average molecular weight is 430 g/mol. The SMILES string of the molecule is CC[C@H]1CCCCN1C(=O)Cn1nc(-c2nc(-c3ccc(C)cc3)no2)c2ccccc21. The van der Waals surface area contributed by atoms with Gasteiger partial charge < -0.3 is 9.42 Å². The summed E-state index contributed by atoms with van der Waals surface area (Å²) in [6.45, 7) is 5.22. The van der Waals surface area contributed by atoms with Crippen LogP contribution in [0.1, 0.15) is 38.2 Å². The van der Waals surface area contributed by atoms with E-state index in [9.17, 15) is 4.79 Å². The molecule has 0 radical (unpaired) electrons. The van der Waals surface area contributed by atoms with E-state index in [1.165, 1.54) is 12.0 Å². The molecule has 0 N–H and O–H groups in total. The number of piperidine rings is 1. The topological polar surface area (TPSA) is 77.1 Å². The Morgan fingerprint density at radius 2 is 1.94 bits per heavy atom. The van der Waals surface area contributed by atoms with Crippen LogP contribution in [0.25, 0.3) is 33.9 Å². The van der Waals surface area contributed by atoms with Crippen molar-refractivity contribution in [2.45, 2.75) is 52.1 Å². The molecule has 164 valence electrons. The first-order valence-electron chi connectivity index (χ1n) is 11.3. The average Bonchev–Trinajstić information content (AvgIpc) is 3.45. The highest BCUT2D eigenvalue weighted by Gasteiger charge is 2.27. The minimum Gasteiger partial charge on any atom is -0.338 e. The Morgan fingerprint density at radius 3 is 2.75 bits per heavy atom. The molecule has 0 spiro atoms. The van der Waals surface area contributed by atoms with Crippen molar-refractivity contribution in [2.75, 3.05) is 6.54 Å². The number of hydrogen-bond acceptors (Lipinski definition) is 5. The summed E-state index contributed by atoms with van der Waals surface area (Å²) in [5.74, 6) is 0.989. The zero-order valence-electron chi connectivity index (χ0n) is 18.5. The fraction of sp³-hybridized carbons (Fsp3) is 0.360. The van der Waals surface area contributed by atoms with Gasteiger partial charge in [-0.25, -0.2) is 0 Å². The summed E-state index contributed by atoms with van der Waals surface area (Å²) >= 11 is 0. The Balaban J connectivity index is 1.47. The lowest BCUT2D eigenvalue weighted by molar-refractivity contribution is -0.135. The lowest BCUT2D eigenvalue weighted by Crippen LogP contribution is -2.44. The highest BCUT2D eigenvalue weighted by molar-refractivity contribution is 5.92. The Morgan fingerprint density at radius 1 is 1.12 bits per heavy atom. The second-order valence-corrected chi connectivity index (χ2v) is 8.46. The van der Waals surface area contributed by atoms with E-state index < -0.39 is 0 Å². The van der Waals surface area contributed by atoms with E-state index in [4.69, 9.17) is 9.62 Å². The number of amides is 1. The number of carbonyl (C=O) groups is 1. The third-order valence-electron chi connectivity index (χ3n) is 6.30. The number of carbonyl (C=O) groups excluding carboxylic acids is 1. The monoisotopic (exact) mass is 429 g/mol. The van der Waals surface area contributed by atoms with Gasteiger partial charge in [0.15, 0.2) is 5.69 Å². The minimum absolute atomic E-state index is 0.113. The molecule has 5 rings (SSSR count). The van der Waals surface area contributed by atoms with Gasteiger partial charge in [-0.2, -0.15) is 10.1 Å². The molecule has 0 bridgehead atoms. The maximum absolute atomic E-state index is 13.2. The molecule has 1 amide bonds. The quantitative estimate of drug-likeness (QED) is 0.453. The zero-order chi connectivity index (χ0) is 22.1. The van der Waals surface area contributed by atoms with Gasteiger partial charge in [0.2, 0.25) is 11.7 Å². The molecule has 0 saturated carbocycles. The van der Waals surface area contributed by atoms with Crippen LogP contribution in [0.3, 0.4) is 0 Å². The van der Waals surface area contributed by atoms with E-state index in [1.807, 2.05) is 60.4 Å². The highest BCUT2D eigenvalue weighted by Crippen LogP contribution is 2.29. The predicted octanol–water partition coefficient (Wildman–Crippen LogP) is 4.85. The maximum Gasteiger partial charge on any atom is 0.279 e. The molecular weight excluding hydrogens is 402 g/mol. The van der Waals surface area contributed by atoms with E-state index >= 15 is 0 Å². The second-order valence-electron chi connectivity index (χ2n) is 8.46. The van der Waals surface area contributed by atoms with Crippen LogP contribution in [-0.4, -0.2) is 43.3 Å². The van der Waals surface area contributed by atoms with Crippen LogP contribution < -0.4 is 0 Å². The fourth-order valence-corrected chi connectivity index (χ4v) is 4.52. The molecule has 1 aliphatic heterocycles. The first kappa shape index (κ1) is 20.4. The molecule has 1 saturated heterocycles. The lowest BCUT2D eigenvalue weighted by Gasteiger charge is -2.35. The summed E-state index contributed by atoms with van der Waals surface area (Å²) in [6.07, 6.45) is 4.33. The maximum atomic E-state index is 13.2. The van der Waals surface area contributed by atoms with E-state index in [-0.39, 0.29) is 12.5 Å². The molecule has 1 aliphatic rings. The largest absolute Gasteiger partial charge is 0.338 e. The van der Waals surface area contributed by atoms with Crippen LogP contribution in [0.4, 0.5) is 0 Å². The van der Waals surface area contributed by atoms with Gasteiger partial charge in [-0.15, -0.1) is 0 Å². The van der Waals surface area contributed by atoms with Crippen LogP contribution in [0.5, 0.6) is 0 Å². The van der Waals surface area contributed by atoms with Crippen LogP contribution in [0, 0.1) is 6.92 Å². The summed E-state index contributed by atoms with van der Waals surface area (Å²) < 4.78 is 7.35. The van der Waals surface area contributed by atoms with E-state index in [0.717, 1.165) is 42.3 Å². The molecule has 0 aliphatic carbocycles. The van der Waals surface area contributed by atoms with Gasteiger partial charge in [-0.3, -0.25) is 9.48 Å². The molecular formula is C25H27N5O2. The van der Waals surface area contributed by atoms with Crippen molar-refractivity contribution in [2.24, 2.45) is 0 Å². The second kappa shape index (κ2) is 8.57. The number of aromatic nitrogens is 4. The van der Waals surface area contributed by atoms with E-state index in [0.29, 0.717) is 23.5 Å². The lowest BCUT2D eigenvalue weighted by atomic mass is 10.00. The summed E-state index contributed by atoms with van der Waals surface area (Å²) in [5.41, 5.74) is 3.55. The van der Waals surface area contributed by atoms with Crippen molar-refractivity contribution in [1.29, 1.82) is 0 Å². The molecule has 7 nitrogen and oxygen atoms in total. The van der Waals surface area contributed by atoms with Crippen molar-refractivity contribution >= 4 is 16.8 Å². The molecule has 0 unspecified atom stereocenters. The van der Waals surface area contributed by atoms with Gasteiger partial charge in [0, 0.05) is 23.5 Å². The van der Waals surface area contributed by atoms with Crippen LogP contribution in [0.15, 0.2) is 53.1 Å². The molecule has 7 heteroatoms. The number of benzene rings is 2. The molecule has 3 heterocycles. The Hall–Kier alpha value is -3.48. The molecule has 2 aromatic heterocycles. The van der Waals surface area contributed by atoms with Crippen molar-refractivity contribution in [3.63, 3.8) is 0 Å². The summed E-state index contributed by atoms with van der Waals surface area (Å²) in [7, 11) is 0. The third-order valence-corrected chi connectivity index (χ3v) is 6.30. The van der Waals surface area contributed by atoms with E-state index in [2.05, 4.69) is 17.1 Å². The number of para-hydroxylation sites is 1. The van der Waals surface area contributed by atoms with Gasteiger partial charge in [-0.1, -0.05) is 60.1 Å². The first-order chi connectivity index (χ1) is 15.6. The summed E-state index contributed by atoms with van der Waals surface area (Å²) in [5, 5.41) is 9.79. The Kier molecular flexibility index (Phi) is 5.47. The number of rotatable bonds is 5. The predicted molar refractivity (Wildman–Crippen MR) is 123 cm³/mol. The fourth-order valence-electron chi connectivity index (χ4n) is 4.52. The zero-order valence-corrected chi connectivity index (χ0v) is 18.5. The van der Waals surface area contributed by atoms with Crippen molar-refractivity contribution in [3.8, 4) is 23.0 Å². The Bertz CT molecular complexity index is 1240. The van der Waals surface area contributed by atoms with Gasteiger partial charge >= 0.3 is 0 Å². The smallest absolute Gasteiger partial charge is 0.279 e. The Labute approximate surface area is 187 Å². The van der Waals surface area contributed by atoms with Crippen LogP contribution >= 0.6 is 0 Å². The van der Waals surface area contributed by atoms with Gasteiger partial charge in [-0.05, 0) is 38.7 Å². The standard InChI is InChI=1S/C25H27N5O2/c1-3-19-8-6-7-15-29(19)22(31)16-30-21-10-5-4-9-20(21)23(27-30)25-26-24(28-32-25)18-13-11-17(2)12-14-18/h4-5,9-14,19H,3,6-8,15-16H2,1-2H3/t19-/m0/s1. The number of aryl methyl sites for hydroxylation is 1. The van der Waals surface area contributed by atoms with Crippen LogP contribution in [-0.2, 0) is 11.3 Å². The molecule has 4 aromatic rings. The highest BCUT2D eigenvalue weighted by atomic mass is 16.5.